The van der Waals surface area contributed by atoms with Gasteiger partial charge in [-0.05, 0) is 36.5 Å². The van der Waals surface area contributed by atoms with Crippen LogP contribution in [0.25, 0.3) is 0 Å². The van der Waals surface area contributed by atoms with Crippen LogP contribution in [0.1, 0.15) is 49.9 Å². The number of phenolic OH excluding ortho intramolecular Hbond substituents is 1. The minimum absolute atomic E-state index is 0.0386. The Balaban J connectivity index is 2.04. The molecule has 0 atom stereocenters. The van der Waals surface area contributed by atoms with E-state index in [0.717, 1.165) is 25.9 Å². The normalized spacial score (nSPS) is 18.3. The molecule has 1 aliphatic rings. The van der Waals surface area contributed by atoms with Crippen LogP contribution >= 0.6 is 0 Å². The third-order valence-electron chi connectivity index (χ3n) is 4.70. The van der Waals surface area contributed by atoms with Crippen LogP contribution in [0, 0.1) is 5.41 Å². The number of rotatable bonds is 3. The number of aromatic hydroxyl groups is 1. The van der Waals surface area contributed by atoms with Crippen molar-refractivity contribution in [3.63, 3.8) is 0 Å². The molecule has 1 aliphatic heterocycles. The second-order valence-electron chi connectivity index (χ2n) is 5.55. The van der Waals surface area contributed by atoms with E-state index < -0.39 is 0 Å². The number of amides is 1. The highest BCUT2D eigenvalue weighted by atomic mass is 16.3. The molecule has 0 radical (unpaired) electrons. The highest BCUT2D eigenvalue weighted by molar-refractivity contribution is 5.94. The summed E-state index contributed by atoms with van der Waals surface area (Å²) in [5, 5.41) is 9.45. The standard InChI is InChI=1S/C16H23NO2/c1-3-16(4-2)8-10-17(11-9-16)15(19)13-6-5-7-14(18)12-13/h5-7,12,18H,3-4,8-11H2,1-2H3. The van der Waals surface area contributed by atoms with Gasteiger partial charge in [0, 0.05) is 18.7 Å². The fourth-order valence-electron chi connectivity index (χ4n) is 2.96. The smallest absolute Gasteiger partial charge is 0.253 e. The number of hydrogen-bond acceptors (Lipinski definition) is 2. The lowest BCUT2D eigenvalue weighted by molar-refractivity contribution is 0.0557. The Kier molecular flexibility index (Phi) is 4.13. The van der Waals surface area contributed by atoms with Crippen molar-refractivity contribution < 1.29 is 9.90 Å². The first kappa shape index (κ1) is 13.9. The van der Waals surface area contributed by atoms with E-state index >= 15 is 0 Å². The first-order valence-electron chi connectivity index (χ1n) is 7.18. The lowest BCUT2D eigenvalue weighted by atomic mass is 9.74. The summed E-state index contributed by atoms with van der Waals surface area (Å²) in [5.74, 6) is 0.191. The van der Waals surface area contributed by atoms with Crippen LogP contribution in [0.15, 0.2) is 24.3 Å². The molecule has 1 heterocycles. The van der Waals surface area contributed by atoms with Crippen molar-refractivity contribution in [2.45, 2.75) is 39.5 Å². The van der Waals surface area contributed by atoms with Crippen LogP contribution in [-0.2, 0) is 0 Å². The molecule has 3 heteroatoms. The maximum atomic E-state index is 12.4. The first-order chi connectivity index (χ1) is 9.10. The molecule has 0 aliphatic carbocycles. The Morgan fingerprint density at radius 3 is 2.42 bits per heavy atom. The third-order valence-corrected chi connectivity index (χ3v) is 4.70. The predicted octanol–water partition coefficient (Wildman–Crippen LogP) is 3.43. The SMILES string of the molecule is CCC1(CC)CCN(C(=O)c2cccc(O)c2)CC1. The summed E-state index contributed by atoms with van der Waals surface area (Å²) in [4.78, 5) is 14.3. The van der Waals surface area contributed by atoms with Gasteiger partial charge in [0.25, 0.3) is 5.91 Å². The van der Waals surface area contributed by atoms with Gasteiger partial charge in [-0.3, -0.25) is 4.79 Å². The molecule has 1 saturated heterocycles. The van der Waals surface area contributed by atoms with Gasteiger partial charge in [-0.2, -0.15) is 0 Å². The molecular formula is C16H23NO2. The van der Waals surface area contributed by atoms with Crippen LogP contribution in [0.3, 0.4) is 0 Å². The van der Waals surface area contributed by atoms with E-state index in [1.54, 1.807) is 24.3 Å². The van der Waals surface area contributed by atoms with Crippen molar-refractivity contribution in [3.05, 3.63) is 29.8 Å². The molecule has 3 nitrogen and oxygen atoms in total. The Bertz CT molecular complexity index is 442. The lowest BCUT2D eigenvalue weighted by Gasteiger charge is -2.41. The second kappa shape index (κ2) is 5.64. The van der Waals surface area contributed by atoms with E-state index in [0.29, 0.717) is 11.0 Å². The Morgan fingerprint density at radius 2 is 1.89 bits per heavy atom. The Labute approximate surface area is 115 Å². The van der Waals surface area contributed by atoms with Crippen molar-refractivity contribution in [3.8, 4) is 5.75 Å². The topological polar surface area (TPSA) is 40.5 Å². The number of carbonyl (C=O) groups is 1. The Hall–Kier alpha value is -1.51. The first-order valence-corrected chi connectivity index (χ1v) is 7.18. The number of nitrogens with zero attached hydrogens (tertiary/aromatic N) is 1. The zero-order valence-electron chi connectivity index (χ0n) is 11.9. The monoisotopic (exact) mass is 261 g/mol. The van der Waals surface area contributed by atoms with Crippen molar-refractivity contribution >= 4 is 5.91 Å². The molecular weight excluding hydrogens is 238 g/mol. The van der Waals surface area contributed by atoms with E-state index in [1.807, 2.05) is 4.90 Å². The van der Waals surface area contributed by atoms with Gasteiger partial charge in [0.05, 0.1) is 0 Å². The van der Waals surface area contributed by atoms with Gasteiger partial charge in [-0.15, -0.1) is 0 Å². The molecule has 1 N–H and O–H groups in total. The molecule has 0 saturated carbocycles. The summed E-state index contributed by atoms with van der Waals surface area (Å²) >= 11 is 0. The summed E-state index contributed by atoms with van der Waals surface area (Å²) in [6.07, 6.45) is 4.56. The summed E-state index contributed by atoms with van der Waals surface area (Å²) in [6.45, 7) is 6.15. The average molecular weight is 261 g/mol. The molecule has 1 aromatic rings. The number of carbonyl (C=O) groups excluding carboxylic acids is 1. The molecule has 2 rings (SSSR count). The zero-order valence-corrected chi connectivity index (χ0v) is 11.9. The van der Waals surface area contributed by atoms with Crippen molar-refractivity contribution in [2.75, 3.05) is 13.1 Å². The lowest BCUT2D eigenvalue weighted by Crippen LogP contribution is -2.42. The number of benzene rings is 1. The molecule has 1 aromatic carbocycles. The van der Waals surface area contributed by atoms with Crippen LogP contribution in [0.4, 0.5) is 0 Å². The summed E-state index contributed by atoms with van der Waals surface area (Å²) in [6, 6.07) is 6.62. The van der Waals surface area contributed by atoms with Crippen LogP contribution < -0.4 is 0 Å². The van der Waals surface area contributed by atoms with Gasteiger partial charge in [0.2, 0.25) is 0 Å². The van der Waals surface area contributed by atoms with Gasteiger partial charge >= 0.3 is 0 Å². The summed E-state index contributed by atoms with van der Waals surface area (Å²) < 4.78 is 0. The van der Waals surface area contributed by atoms with Gasteiger partial charge in [0.1, 0.15) is 5.75 Å². The maximum absolute atomic E-state index is 12.4. The van der Waals surface area contributed by atoms with E-state index in [1.165, 1.54) is 12.8 Å². The summed E-state index contributed by atoms with van der Waals surface area (Å²) in [5.41, 5.74) is 1.01. The van der Waals surface area contributed by atoms with Gasteiger partial charge in [-0.25, -0.2) is 0 Å². The largest absolute Gasteiger partial charge is 0.508 e. The molecule has 0 spiro atoms. The predicted molar refractivity (Wildman–Crippen MR) is 76.3 cm³/mol. The highest BCUT2D eigenvalue weighted by Crippen LogP contribution is 2.38. The molecule has 0 unspecified atom stereocenters. The molecule has 104 valence electrons. The van der Waals surface area contributed by atoms with E-state index in [2.05, 4.69) is 13.8 Å². The fourth-order valence-corrected chi connectivity index (χ4v) is 2.96. The van der Waals surface area contributed by atoms with Crippen molar-refractivity contribution in [1.82, 2.24) is 4.90 Å². The average Bonchev–Trinajstić information content (AvgIpc) is 2.46. The van der Waals surface area contributed by atoms with Gasteiger partial charge in [0.15, 0.2) is 0 Å². The van der Waals surface area contributed by atoms with Crippen LogP contribution in [-0.4, -0.2) is 29.0 Å². The quantitative estimate of drug-likeness (QED) is 0.905. The molecule has 0 bridgehead atoms. The van der Waals surface area contributed by atoms with Crippen molar-refractivity contribution in [1.29, 1.82) is 0 Å². The minimum atomic E-state index is 0.0386. The number of hydrogen-bond donors (Lipinski definition) is 1. The minimum Gasteiger partial charge on any atom is -0.508 e. The van der Waals surface area contributed by atoms with E-state index in [-0.39, 0.29) is 11.7 Å². The van der Waals surface area contributed by atoms with E-state index in [9.17, 15) is 9.90 Å². The maximum Gasteiger partial charge on any atom is 0.253 e. The molecule has 1 fully saturated rings. The second-order valence-corrected chi connectivity index (χ2v) is 5.55. The van der Waals surface area contributed by atoms with E-state index in [4.69, 9.17) is 0 Å². The number of phenols is 1. The number of piperidine rings is 1. The Morgan fingerprint density at radius 1 is 1.26 bits per heavy atom. The van der Waals surface area contributed by atoms with Gasteiger partial charge < -0.3 is 10.0 Å². The molecule has 0 aromatic heterocycles. The highest BCUT2D eigenvalue weighted by Gasteiger charge is 2.33. The third kappa shape index (κ3) is 2.91. The molecule has 19 heavy (non-hydrogen) atoms. The zero-order chi connectivity index (χ0) is 13.9. The van der Waals surface area contributed by atoms with Gasteiger partial charge in [-0.1, -0.05) is 32.8 Å². The molecule has 1 amide bonds. The van der Waals surface area contributed by atoms with Crippen LogP contribution in [0.5, 0.6) is 5.75 Å². The summed E-state index contributed by atoms with van der Waals surface area (Å²) in [7, 11) is 0. The van der Waals surface area contributed by atoms with Crippen molar-refractivity contribution in [2.24, 2.45) is 5.41 Å². The number of likely N-dealkylation sites (tertiary alicyclic amines) is 1. The van der Waals surface area contributed by atoms with Crippen LogP contribution in [0.2, 0.25) is 0 Å². The fraction of sp³-hybridized carbons (Fsp3) is 0.562.